The molecule has 0 bridgehead atoms. The Hall–Kier alpha value is -1.49. The molecule has 0 spiro atoms. The van der Waals surface area contributed by atoms with Gasteiger partial charge >= 0.3 is 0 Å². The van der Waals surface area contributed by atoms with Crippen molar-refractivity contribution in [1.82, 2.24) is 0 Å². The van der Waals surface area contributed by atoms with Crippen LogP contribution in [0.3, 0.4) is 0 Å². The lowest BCUT2D eigenvalue weighted by Crippen LogP contribution is -2.30. The van der Waals surface area contributed by atoms with E-state index in [1.807, 2.05) is 0 Å². The molecule has 0 aliphatic rings. The second kappa shape index (κ2) is 7.18. The van der Waals surface area contributed by atoms with Crippen molar-refractivity contribution in [2.24, 2.45) is 0 Å². The van der Waals surface area contributed by atoms with Gasteiger partial charge in [-0.1, -0.05) is 34.8 Å². The number of amides is 1. The standard InChI is InChI=1S/C15H11Cl3FNO2/c1-8(22-10-4-2-9(19)3-5-10)15(21)20-14-7-12(17)11(16)6-13(14)18/h2-8H,1H3,(H,20,21). The number of benzene rings is 2. The summed E-state index contributed by atoms with van der Waals surface area (Å²) in [5, 5.41) is 3.42. The zero-order valence-electron chi connectivity index (χ0n) is 11.4. The lowest BCUT2D eigenvalue weighted by atomic mass is 10.3. The highest BCUT2D eigenvalue weighted by Crippen LogP contribution is 2.32. The van der Waals surface area contributed by atoms with Crippen molar-refractivity contribution < 1.29 is 13.9 Å². The first-order valence-electron chi connectivity index (χ1n) is 6.24. The van der Waals surface area contributed by atoms with Crippen LogP contribution in [0.15, 0.2) is 36.4 Å². The summed E-state index contributed by atoms with van der Waals surface area (Å²) in [5.74, 6) is -0.430. The maximum absolute atomic E-state index is 12.8. The van der Waals surface area contributed by atoms with Gasteiger partial charge in [0.05, 0.1) is 20.8 Å². The zero-order chi connectivity index (χ0) is 16.3. The van der Waals surface area contributed by atoms with E-state index in [2.05, 4.69) is 5.32 Å². The van der Waals surface area contributed by atoms with Crippen LogP contribution in [0.5, 0.6) is 5.75 Å². The van der Waals surface area contributed by atoms with Gasteiger partial charge in [-0.15, -0.1) is 0 Å². The summed E-state index contributed by atoms with van der Waals surface area (Å²) >= 11 is 17.7. The monoisotopic (exact) mass is 361 g/mol. The molecular formula is C15H11Cl3FNO2. The zero-order valence-corrected chi connectivity index (χ0v) is 13.6. The normalized spacial score (nSPS) is 11.9. The summed E-state index contributed by atoms with van der Waals surface area (Å²) in [7, 11) is 0. The highest BCUT2D eigenvalue weighted by molar-refractivity contribution is 6.44. The van der Waals surface area contributed by atoms with E-state index in [1.54, 1.807) is 6.92 Å². The summed E-state index contributed by atoms with van der Waals surface area (Å²) < 4.78 is 18.2. The molecule has 0 aliphatic carbocycles. The molecule has 1 amide bonds. The van der Waals surface area contributed by atoms with E-state index in [4.69, 9.17) is 39.5 Å². The predicted molar refractivity (Wildman–Crippen MR) is 86.6 cm³/mol. The highest BCUT2D eigenvalue weighted by Gasteiger charge is 2.17. The average molecular weight is 363 g/mol. The van der Waals surface area contributed by atoms with Crippen molar-refractivity contribution in [1.29, 1.82) is 0 Å². The van der Waals surface area contributed by atoms with E-state index in [0.717, 1.165) is 0 Å². The van der Waals surface area contributed by atoms with Crippen LogP contribution in [0.25, 0.3) is 0 Å². The fourth-order valence-electron chi connectivity index (χ4n) is 1.62. The van der Waals surface area contributed by atoms with Gasteiger partial charge in [-0.3, -0.25) is 4.79 Å². The summed E-state index contributed by atoms with van der Waals surface area (Å²) in [4.78, 5) is 12.1. The third kappa shape index (κ3) is 4.26. The minimum absolute atomic E-state index is 0.261. The van der Waals surface area contributed by atoms with Crippen molar-refractivity contribution in [3.8, 4) is 5.75 Å². The van der Waals surface area contributed by atoms with Crippen molar-refractivity contribution in [3.05, 3.63) is 57.3 Å². The van der Waals surface area contributed by atoms with Crippen molar-refractivity contribution in [3.63, 3.8) is 0 Å². The van der Waals surface area contributed by atoms with Crippen LogP contribution in [0.2, 0.25) is 15.1 Å². The molecule has 1 N–H and O–H groups in total. The fraction of sp³-hybridized carbons (Fsp3) is 0.133. The molecule has 0 fully saturated rings. The number of rotatable bonds is 4. The first-order chi connectivity index (χ1) is 10.4. The first-order valence-corrected chi connectivity index (χ1v) is 7.38. The van der Waals surface area contributed by atoms with Crippen molar-refractivity contribution >= 4 is 46.4 Å². The molecule has 7 heteroatoms. The van der Waals surface area contributed by atoms with E-state index < -0.39 is 12.0 Å². The van der Waals surface area contributed by atoms with E-state index in [9.17, 15) is 9.18 Å². The summed E-state index contributed by atoms with van der Waals surface area (Å²) in [5.41, 5.74) is 0.329. The second-order valence-electron chi connectivity index (χ2n) is 4.45. The molecule has 0 saturated carbocycles. The number of hydrogen-bond acceptors (Lipinski definition) is 2. The number of ether oxygens (including phenoxy) is 1. The Morgan fingerprint density at radius 1 is 1.09 bits per heavy atom. The predicted octanol–water partition coefficient (Wildman–Crippen LogP) is 5.19. The summed E-state index contributed by atoms with van der Waals surface area (Å²) in [6, 6.07) is 8.25. The van der Waals surface area contributed by atoms with E-state index >= 15 is 0 Å². The number of carbonyl (C=O) groups excluding carboxylic acids is 1. The topological polar surface area (TPSA) is 38.3 Å². The van der Waals surface area contributed by atoms with Gasteiger partial charge in [0, 0.05) is 0 Å². The molecule has 2 aromatic carbocycles. The number of nitrogens with one attached hydrogen (secondary N) is 1. The average Bonchev–Trinajstić information content (AvgIpc) is 2.47. The number of carbonyl (C=O) groups is 1. The molecule has 2 rings (SSSR count). The Morgan fingerprint density at radius 3 is 2.32 bits per heavy atom. The number of halogens is 4. The molecule has 3 nitrogen and oxygen atoms in total. The Labute approximate surface area is 141 Å². The Morgan fingerprint density at radius 2 is 1.68 bits per heavy atom. The molecule has 1 atom stereocenters. The largest absolute Gasteiger partial charge is 0.481 e. The summed E-state index contributed by atoms with van der Waals surface area (Å²) in [6.07, 6.45) is -0.809. The number of hydrogen-bond donors (Lipinski definition) is 1. The lowest BCUT2D eigenvalue weighted by molar-refractivity contribution is -0.122. The van der Waals surface area contributed by atoms with Gasteiger partial charge in [-0.05, 0) is 43.3 Å². The third-order valence-electron chi connectivity index (χ3n) is 2.76. The van der Waals surface area contributed by atoms with Crippen LogP contribution < -0.4 is 10.1 Å². The Bertz CT molecular complexity index is 692. The van der Waals surface area contributed by atoms with Gasteiger partial charge in [0.1, 0.15) is 11.6 Å². The van der Waals surface area contributed by atoms with Gasteiger partial charge in [-0.25, -0.2) is 4.39 Å². The first kappa shape index (κ1) is 16.9. The Kier molecular flexibility index (Phi) is 5.51. The lowest BCUT2D eigenvalue weighted by Gasteiger charge is -2.15. The van der Waals surface area contributed by atoms with Crippen LogP contribution in [-0.4, -0.2) is 12.0 Å². The van der Waals surface area contributed by atoms with Gasteiger partial charge in [-0.2, -0.15) is 0 Å². The molecule has 116 valence electrons. The molecular weight excluding hydrogens is 352 g/mol. The summed E-state index contributed by atoms with van der Waals surface area (Å²) in [6.45, 7) is 1.56. The van der Waals surface area contributed by atoms with Crippen LogP contribution in [-0.2, 0) is 4.79 Å². The smallest absolute Gasteiger partial charge is 0.265 e. The van der Waals surface area contributed by atoms with Gasteiger partial charge < -0.3 is 10.1 Å². The number of anilines is 1. The van der Waals surface area contributed by atoms with Gasteiger partial charge in [0.15, 0.2) is 6.10 Å². The van der Waals surface area contributed by atoms with Crippen molar-refractivity contribution in [2.45, 2.75) is 13.0 Å². The molecule has 0 heterocycles. The minimum Gasteiger partial charge on any atom is -0.481 e. The fourth-order valence-corrected chi connectivity index (χ4v) is 2.22. The van der Waals surface area contributed by atoms with Crippen LogP contribution >= 0.6 is 34.8 Å². The highest BCUT2D eigenvalue weighted by atomic mass is 35.5. The minimum atomic E-state index is -0.809. The van der Waals surface area contributed by atoms with Crippen molar-refractivity contribution in [2.75, 3.05) is 5.32 Å². The molecule has 2 aromatic rings. The van der Waals surface area contributed by atoms with Gasteiger partial charge in [0.25, 0.3) is 5.91 Å². The maximum Gasteiger partial charge on any atom is 0.265 e. The maximum atomic E-state index is 12.8. The van der Waals surface area contributed by atoms with E-state index in [0.29, 0.717) is 16.5 Å². The molecule has 0 aliphatic heterocycles. The quantitative estimate of drug-likeness (QED) is 0.760. The van der Waals surface area contributed by atoms with Gasteiger partial charge in [0.2, 0.25) is 0 Å². The Balaban J connectivity index is 2.05. The van der Waals surface area contributed by atoms with Crippen LogP contribution in [0.1, 0.15) is 6.92 Å². The van der Waals surface area contributed by atoms with Crippen LogP contribution in [0, 0.1) is 5.82 Å². The van der Waals surface area contributed by atoms with E-state index in [-0.39, 0.29) is 15.9 Å². The molecule has 0 aromatic heterocycles. The molecule has 22 heavy (non-hydrogen) atoms. The van der Waals surface area contributed by atoms with Crippen LogP contribution in [0.4, 0.5) is 10.1 Å². The molecule has 1 unspecified atom stereocenters. The molecule has 0 saturated heterocycles. The second-order valence-corrected chi connectivity index (χ2v) is 5.67. The third-order valence-corrected chi connectivity index (χ3v) is 3.80. The molecule has 0 radical (unpaired) electrons. The van der Waals surface area contributed by atoms with E-state index in [1.165, 1.54) is 36.4 Å². The SMILES string of the molecule is CC(Oc1ccc(F)cc1)C(=O)Nc1cc(Cl)c(Cl)cc1Cl.